The number of rotatable bonds is 1. The van der Waals surface area contributed by atoms with Crippen molar-refractivity contribution in [1.82, 2.24) is 15.2 Å². The van der Waals surface area contributed by atoms with Gasteiger partial charge in [-0.05, 0) is 6.92 Å². The Kier molecular flexibility index (Phi) is 2.09. The summed E-state index contributed by atoms with van der Waals surface area (Å²) in [6, 6.07) is 0. The van der Waals surface area contributed by atoms with Crippen molar-refractivity contribution >= 4 is 33.9 Å². The summed E-state index contributed by atoms with van der Waals surface area (Å²) < 4.78 is 5.79. The summed E-state index contributed by atoms with van der Waals surface area (Å²) in [5.74, 6) is 0.555. The van der Waals surface area contributed by atoms with Crippen LogP contribution in [0.25, 0.3) is 10.8 Å². The number of aromatic nitrogens is 3. The molecule has 0 saturated heterocycles. The molecule has 2 aromatic heterocycles. The highest BCUT2D eigenvalue weighted by Gasteiger charge is 2.11. The fourth-order valence-corrected chi connectivity index (χ4v) is 1.84. The molecule has 4 nitrogen and oxygen atoms in total. The maximum atomic E-state index is 5.24. The van der Waals surface area contributed by atoms with E-state index in [1.54, 1.807) is 5.51 Å². The van der Waals surface area contributed by atoms with Gasteiger partial charge < -0.3 is 4.42 Å². The van der Waals surface area contributed by atoms with Crippen LogP contribution in [-0.4, -0.2) is 15.2 Å². The normalized spacial score (nSPS) is 10.5. The lowest BCUT2D eigenvalue weighted by Crippen LogP contribution is -1.76. The third kappa shape index (κ3) is 1.36. The van der Waals surface area contributed by atoms with Gasteiger partial charge in [-0.2, -0.15) is 0 Å². The second-order valence-electron chi connectivity index (χ2n) is 2.13. The van der Waals surface area contributed by atoms with Gasteiger partial charge in [0, 0.05) is 22.6 Å². The summed E-state index contributed by atoms with van der Waals surface area (Å²) in [6.07, 6.45) is 0. The van der Waals surface area contributed by atoms with Gasteiger partial charge in [0.25, 0.3) is 9.79 Å². The Bertz CT molecular complexity index is 397. The molecule has 0 aliphatic heterocycles. The van der Waals surface area contributed by atoms with Gasteiger partial charge in [-0.25, -0.2) is 4.98 Å². The molecule has 6 heteroatoms. The van der Waals surface area contributed by atoms with E-state index < -0.39 is 0 Å². The zero-order valence-electron chi connectivity index (χ0n) is 6.11. The van der Waals surface area contributed by atoms with Crippen LogP contribution in [-0.2, 0) is 0 Å². The van der Waals surface area contributed by atoms with Gasteiger partial charge in [-0.1, -0.05) is 0 Å². The summed E-state index contributed by atoms with van der Waals surface area (Å²) in [5.41, 5.74) is 2.70. The molecule has 2 aromatic rings. The summed E-state index contributed by atoms with van der Waals surface area (Å²) in [5, 5.41) is 7.63. The predicted octanol–water partition coefficient (Wildman–Crippen LogP) is 2.11. The van der Waals surface area contributed by atoms with Crippen molar-refractivity contribution in [3.8, 4) is 10.8 Å². The van der Waals surface area contributed by atoms with E-state index in [0.717, 1.165) is 10.6 Å². The van der Waals surface area contributed by atoms with E-state index in [2.05, 4.69) is 15.2 Å². The summed E-state index contributed by atoms with van der Waals surface area (Å²) in [4.78, 5) is 5.04. The fourth-order valence-electron chi connectivity index (χ4n) is 0.804. The number of thiazole rings is 1. The van der Waals surface area contributed by atoms with E-state index in [1.165, 1.54) is 11.3 Å². The first-order valence-corrected chi connectivity index (χ1v) is 5.12. The Hall–Kier alpha value is -0.500. The van der Waals surface area contributed by atoms with Crippen LogP contribution in [0.5, 0.6) is 0 Å². The molecule has 0 amide bonds. The molecule has 62 valence electrons. The molecule has 0 saturated carbocycles. The van der Waals surface area contributed by atoms with E-state index in [4.69, 9.17) is 4.42 Å². The first-order valence-electron chi connectivity index (χ1n) is 3.17. The lowest BCUT2D eigenvalue weighted by Gasteiger charge is -1.86. The van der Waals surface area contributed by atoms with E-state index in [9.17, 15) is 0 Å². The molecular formula is C6H4IN3OS. The van der Waals surface area contributed by atoms with Crippen LogP contribution in [0.4, 0.5) is 0 Å². The zero-order chi connectivity index (χ0) is 8.55. The zero-order valence-corrected chi connectivity index (χ0v) is 9.09. The lowest BCUT2D eigenvalue weighted by atomic mass is 10.4. The van der Waals surface area contributed by atoms with E-state index in [1.807, 2.05) is 29.5 Å². The lowest BCUT2D eigenvalue weighted by molar-refractivity contribution is 0.537. The average Bonchev–Trinajstić information content (AvgIpc) is 2.58. The molecule has 0 fully saturated rings. The van der Waals surface area contributed by atoms with Gasteiger partial charge in [-0.15, -0.1) is 21.5 Å². The van der Waals surface area contributed by atoms with Crippen LogP contribution in [0.3, 0.4) is 0 Å². The topological polar surface area (TPSA) is 51.8 Å². The highest BCUT2D eigenvalue weighted by atomic mass is 127. The van der Waals surface area contributed by atoms with Gasteiger partial charge in [0.15, 0.2) is 0 Å². The average molecular weight is 293 g/mol. The third-order valence-corrected chi connectivity index (χ3v) is 2.69. The van der Waals surface area contributed by atoms with Crippen molar-refractivity contribution in [2.45, 2.75) is 6.92 Å². The van der Waals surface area contributed by atoms with Crippen molar-refractivity contribution in [1.29, 1.82) is 0 Å². The largest absolute Gasteiger partial charge is 0.411 e. The summed E-state index contributed by atoms with van der Waals surface area (Å²) >= 11 is 3.49. The van der Waals surface area contributed by atoms with Crippen molar-refractivity contribution < 1.29 is 4.42 Å². The van der Waals surface area contributed by atoms with Gasteiger partial charge in [0.1, 0.15) is 4.88 Å². The first-order chi connectivity index (χ1) is 5.77. The second kappa shape index (κ2) is 3.09. The molecule has 0 atom stereocenters. The minimum absolute atomic E-state index is 0.551. The standard InChI is InChI=1S/C6H4IN3OS/c1-3-4(12-2-8-3)5-9-10-6(7)11-5/h2H,1H3. The molecule has 2 heterocycles. The number of hydrogen-bond acceptors (Lipinski definition) is 5. The quantitative estimate of drug-likeness (QED) is 0.756. The third-order valence-electron chi connectivity index (χ3n) is 1.34. The Morgan fingerprint density at radius 2 is 2.33 bits per heavy atom. The van der Waals surface area contributed by atoms with E-state index >= 15 is 0 Å². The molecule has 0 aliphatic rings. The Morgan fingerprint density at radius 3 is 2.83 bits per heavy atom. The monoisotopic (exact) mass is 293 g/mol. The van der Waals surface area contributed by atoms with Gasteiger partial charge in [-0.3, -0.25) is 0 Å². The van der Waals surface area contributed by atoms with Crippen LogP contribution in [0.2, 0.25) is 0 Å². The van der Waals surface area contributed by atoms with Crippen LogP contribution in [0.1, 0.15) is 5.69 Å². The molecule has 12 heavy (non-hydrogen) atoms. The molecule has 0 spiro atoms. The molecule has 0 radical (unpaired) electrons. The fraction of sp³-hybridized carbons (Fsp3) is 0.167. The molecular weight excluding hydrogens is 289 g/mol. The van der Waals surface area contributed by atoms with Crippen molar-refractivity contribution in [3.05, 3.63) is 15.1 Å². The SMILES string of the molecule is Cc1ncsc1-c1nnc(I)o1. The Labute approximate surface area is 86.2 Å². The van der Waals surface area contributed by atoms with Crippen molar-refractivity contribution in [2.24, 2.45) is 0 Å². The Morgan fingerprint density at radius 1 is 1.50 bits per heavy atom. The van der Waals surface area contributed by atoms with Gasteiger partial charge in [0.05, 0.1) is 11.2 Å². The molecule has 0 bridgehead atoms. The molecule has 0 unspecified atom stereocenters. The predicted molar refractivity (Wildman–Crippen MR) is 52.9 cm³/mol. The van der Waals surface area contributed by atoms with Gasteiger partial charge >= 0.3 is 0 Å². The van der Waals surface area contributed by atoms with Crippen LogP contribution in [0, 0.1) is 10.8 Å². The second-order valence-corrected chi connectivity index (χ2v) is 3.90. The van der Waals surface area contributed by atoms with E-state index in [-0.39, 0.29) is 0 Å². The number of aryl methyl sites for hydroxylation is 1. The Balaban J connectivity index is 2.50. The van der Waals surface area contributed by atoms with Gasteiger partial charge in [0.2, 0.25) is 0 Å². The molecule has 0 N–H and O–H groups in total. The summed E-state index contributed by atoms with van der Waals surface area (Å²) in [7, 11) is 0. The van der Waals surface area contributed by atoms with Crippen LogP contribution < -0.4 is 0 Å². The molecule has 2 rings (SSSR count). The summed E-state index contributed by atoms with van der Waals surface area (Å²) in [6.45, 7) is 1.92. The molecule has 0 aliphatic carbocycles. The minimum Gasteiger partial charge on any atom is -0.411 e. The van der Waals surface area contributed by atoms with Crippen molar-refractivity contribution in [2.75, 3.05) is 0 Å². The minimum atomic E-state index is 0.551. The highest BCUT2D eigenvalue weighted by molar-refractivity contribution is 14.1. The number of nitrogens with zero attached hydrogens (tertiary/aromatic N) is 3. The smallest absolute Gasteiger partial charge is 0.278 e. The molecule has 0 aromatic carbocycles. The number of hydrogen-bond donors (Lipinski definition) is 0. The first kappa shape index (κ1) is 8.11. The van der Waals surface area contributed by atoms with Crippen LogP contribution >= 0.6 is 33.9 Å². The number of halogens is 1. The van der Waals surface area contributed by atoms with Crippen molar-refractivity contribution in [3.63, 3.8) is 0 Å². The van der Waals surface area contributed by atoms with Crippen LogP contribution in [0.15, 0.2) is 9.93 Å². The van der Waals surface area contributed by atoms with E-state index in [0.29, 0.717) is 9.79 Å². The maximum Gasteiger partial charge on any atom is 0.278 e. The maximum absolute atomic E-state index is 5.24. The highest BCUT2D eigenvalue weighted by Crippen LogP contribution is 2.25.